The largest absolute Gasteiger partial charge is 0.370 e. The molecule has 0 saturated heterocycles. The van der Waals surface area contributed by atoms with Crippen molar-refractivity contribution in [2.45, 2.75) is 26.3 Å². The summed E-state index contributed by atoms with van der Waals surface area (Å²) in [6, 6.07) is 7.63. The van der Waals surface area contributed by atoms with E-state index in [1.54, 1.807) is 4.57 Å². The second-order valence-electron chi connectivity index (χ2n) is 4.65. The lowest BCUT2D eigenvalue weighted by Gasteiger charge is -2.06. The maximum atomic E-state index is 11.8. The first-order chi connectivity index (χ1) is 9.72. The molecule has 0 fully saturated rings. The van der Waals surface area contributed by atoms with E-state index in [2.05, 4.69) is 22.2 Å². The molecular weight excluding hydrogens is 381 g/mol. The average molecular weight is 403 g/mol. The molecule has 2 rings (SSSR count). The number of hydrogen-bond acceptors (Lipinski definition) is 2. The van der Waals surface area contributed by atoms with Gasteiger partial charge in [0.15, 0.2) is 5.96 Å². The summed E-state index contributed by atoms with van der Waals surface area (Å²) in [4.78, 5) is 18.9. The molecule has 0 radical (unpaired) electrons. The van der Waals surface area contributed by atoms with Gasteiger partial charge in [0, 0.05) is 19.6 Å². The fourth-order valence-corrected chi connectivity index (χ4v) is 2.04. The van der Waals surface area contributed by atoms with E-state index < -0.39 is 0 Å². The Morgan fingerprint density at radius 3 is 2.95 bits per heavy atom. The average Bonchev–Trinajstić information content (AvgIpc) is 2.75. The van der Waals surface area contributed by atoms with E-state index in [1.165, 1.54) is 0 Å². The summed E-state index contributed by atoms with van der Waals surface area (Å²) in [5, 5.41) is 3.03. The Hall–Kier alpha value is -1.51. The Labute approximate surface area is 140 Å². The summed E-state index contributed by atoms with van der Waals surface area (Å²) in [5.41, 5.74) is 7.40. The number of nitrogens with one attached hydrogen (secondary N) is 2. The van der Waals surface area contributed by atoms with E-state index in [0.29, 0.717) is 19.0 Å². The van der Waals surface area contributed by atoms with Crippen molar-refractivity contribution in [3.05, 3.63) is 34.7 Å². The van der Waals surface area contributed by atoms with Gasteiger partial charge in [0.2, 0.25) is 0 Å². The predicted octanol–water partition coefficient (Wildman–Crippen LogP) is 1.65. The fourth-order valence-electron chi connectivity index (χ4n) is 2.04. The minimum absolute atomic E-state index is 0. The molecule has 4 N–H and O–H groups in total. The first-order valence-corrected chi connectivity index (χ1v) is 6.93. The van der Waals surface area contributed by atoms with Gasteiger partial charge >= 0.3 is 5.69 Å². The molecule has 0 aliphatic heterocycles. The number of hydrogen-bond donors (Lipinski definition) is 3. The maximum absolute atomic E-state index is 11.8. The van der Waals surface area contributed by atoms with Crippen LogP contribution in [0.25, 0.3) is 11.0 Å². The van der Waals surface area contributed by atoms with Gasteiger partial charge in [-0.15, -0.1) is 24.0 Å². The van der Waals surface area contributed by atoms with Gasteiger partial charge < -0.3 is 16.0 Å². The summed E-state index contributed by atoms with van der Waals surface area (Å²) in [7, 11) is 0. The van der Waals surface area contributed by atoms with E-state index in [0.717, 1.165) is 30.4 Å². The van der Waals surface area contributed by atoms with E-state index in [-0.39, 0.29) is 29.7 Å². The van der Waals surface area contributed by atoms with E-state index in [1.807, 2.05) is 24.3 Å². The highest BCUT2D eigenvalue weighted by atomic mass is 127. The van der Waals surface area contributed by atoms with Crippen LogP contribution in [0.3, 0.4) is 0 Å². The number of nitrogens with zero attached hydrogens (tertiary/aromatic N) is 2. The van der Waals surface area contributed by atoms with Crippen LogP contribution in [0, 0.1) is 0 Å². The molecule has 21 heavy (non-hydrogen) atoms. The molecule has 0 aliphatic rings. The van der Waals surface area contributed by atoms with Gasteiger partial charge in [-0.3, -0.25) is 9.56 Å². The number of nitrogens with two attached hydrogens (primary N) is 1. The number of para-hydroxylation sites is 2. The lowest BCUT2D eigenvalue weighted by molar-refractivity contribution is 0.666. The number of H-pyrrole nitrogens is 1. The lowest BCUT2D eigenvalue weighted by Crippen LogP contribution is -2.35. The Bertz CT molecular complexity index is 646. The molecule has 6 nitrogen and oxygen atoms in total. The van der Waals surface area contributed by atoms with Crippen LogP contribution in [0.5, 0.6) is 0 Å². The minimum Gasteiger partial charge on any atom is -0.370 e. The number of aliphatic imine (C=N–C) groups is 1. The Morgan fingerprint density at radius 2 is 2.19 bits per heavy atom. The molecule has 0 aliphatic carbocycles. The molecule has 2 aromatic rings. The molecule has 0 unspecified atom stereocenters. The van der Waals surface area contributed by atoms with Crippen molar-refractivity contribution in [3.63, 3.8) is 0 Å². The molecule has 1 aromatic heterocycles. The van der Waals surface area contributed by atoms with Crippen LogP contribution >= 0.6 is 24.0 Å². The van der Waals surface area contributed by atoms with Crippen LogP contribution in [-0.4, -0.2) is 28.6 Å². The topological polar surface area (TPSA) is 88.2 Å². The van der Waals surface area contributed by atoms with Gasteiger partial charge in [0.1, 0.15) is 0 Å². The summed E-state index contributed by atoms with van der Waals surface area (Å²) in [6.45, 7) is 3.97. The third-order valence-electron chi connectivity index (χ3n) is 3.12. The Balaban J connectivity index is 0.00000220. The zero-order valence-corrected chi connectivity index (χ0v) is 14.5. The van der Waals surface area contributed by atoms with Crippen molar-refractivity contribution in [1.29, 1.82) is 0 Å². The fraction of sp³-hybridized carbons (Fsp3) is 0.429. The number of imidazole rings is 1. The minimum atomic E-state index is -0.102. The van der Waals surface area contributed by atoms with Crippen molar-refractivity contribution in [1.82, 2.24) is 14.9 Å². The van der Waals surface area contributed by atoms with Gasteiger partial charge in [-0.2, -0.15) is 0 Å². The van der Waals surface area contributed by atoms with Crippen molar-refractivity contribution < 1.29 is 0 Å². The third-order valence-corrected chi connectivity index (χ3v) is 3.12. The number of unbranched alkanes of at least 4 members (excludes halogenated alkanes) is 1. The molecule has 1 heterocycles. The summed E-state index contributed by atoms with van der Waals surface area (Å²) >= 11 is 0. The van der Waals surface area contributed by atoms with Gasteiger partial charge in [-0.05, 0) is 18.6 Å². The zero-order valence-electron chi connectivity index (χ0n) is 12.1. The number of halogens is 1. The van der Waals surface area contributed by atoms with Gasteiger partial charge in [0.25, 0.3) is 0 Å². The smallest absolute Gasteiger partial charge is 0.326 e. The second-order valence-corrected chi connectivity index (χ2v) is 4.65. The van der Waals surface area contributed by atoms with Gasteiger partial charge in [0.05, 0.1) is 11.0 Å². The highest BCUT2D eigenvalue weighted by molar-refractivity contribution is 14.0. The maximum Gasteiger partial charge on any atom is 0.326 e. The van der Waals surface area contributed by atoms with Gasteiger partial charge in [-0.25, -0.2) is 4.79 Å². The molecule has 0 bridgehead atoms. The van der Waals surface area contributed by atoms with E-state index in [4.69, 9.17) is 5.73 Å². The first-order valence-electron chi connectivity index (χ1n) is 6.93. The van der Waals surface area contributed by atoms with Crippen LogP contribution in [-0.2, 0) is 6.54 Å². The third kappa shape index (κ3) is 4.76. The van der Waals surface area contributed by atoms with Crippen LogP contribution in [0.2, 0.25) is 0 Å². The molecule has 0 amide bonds. The molecule has 0 spiro atoms. The number of rotatable bonds is 6. The SMILES string of the molecule is CCCCN=C(N)NCCn1c(=O)[nH]c2ccccc21.I. The molecular formula is C14H22IN5O. The summed E-state index contributed by atoms with van der Waals surface area (Å²) in [6.07, 6.45) is 2.13. The van der Waals surface area contributed by atoms with Gasteiger partial charge in [-0.1, -0.05) is 25.5 Å². The highest BCUT2D eigenvalue weighted by Crippen LogP contribution is 2.08. The Morgan fingerprint density at radius 1 is 1.43 bits per heavy atom. The number of aromatic amines is 1. The number of benzene rings is 1. The van der Waals surface area contributed by atoms with Crippen LogP contribution in [0.15, 0.2) is 34.1 Å². The Kier molecular flexibility index (Phi) is 7.27. The normalized spacial score (nSPS) is 11.4. The molecule has 0 atom stereocenters. The highest BCUT2D eigenvalue weighted by Gasteiger charge is 2.04. The lowest BCUT2D eigenvalue weighted by atomic mass is 10.3. The second kappa shape index (κ2) is 8.71. The predicted molar refractivity (Wildman–Crippen MR) is 97.4 cm³/mol. The number of fused-ring (bicyclic) bond motifs is 1. The quantitative estimate of drug-likeness (QED) is 0.297. The van der Waals surface area contributed by atoms with Crippen molar-refractivity contribution in [2.24, 2.45) is 10.7 Å². The van der Waals surface area contributed by atoms with E-state index in [9.17, 15) is 4.79 Å². The number of guanidine groups is 1. The molecule has 0 saturated carbocycles. The van der Waals surface area contributed by atoms with Crippen molar-refractivity contribution in [2.75, 3.05) is 13.1 Å². The standard InChI is InChI=1S/C14H21N5O.HI/c1-2-3-8-16-13(15)17-9-10-19-12-7-5-4-6-11(12)18-14(19)20;/h4-7H,2-3,8-10H2,1H3,(H,18,20)(H3,15,16,17);1H. The van der Waals surface area contributed by atoms with Crippen molar-refractivity contribution >= 4 is 41.0 Å². The zero-order chi connectivity index (χ0) is 14.4. The monoisotopic (exact) mass is 403 g/mol. The van der Waals surface area contributed by atoms with Crippen molar-refractivity contribution in [3.8, 4) is 0 Å². The number of aromatic nitrogens is 2. The van der Waals surface area contributed by atoms with Crippen LogP contribution < -0.4 is 16.7 Å². The molecule has 116 valence electrons. The van der Waals surface area contributed by atoms with Crippen LogP contribution in [0.1, 0.15) is 19.8 Å². The summed E-state index contributed by atoms with van der Waals surface area (Å²) < 4.78 is 1.70. The molecule has 7 heteroatoms. The van der Waals surface area contributed by atoms with Crippen LogP contribution in [0.4, 0.5) is 0 Å². The summed E-state index contributed by atoms with van der Waals surface area (Å²) in [5.74, 6) is 0.436. The first kappa shape index (κ1) is 17.5. The molecule has 1 aromatic carbocycles. The van der Waals surface area contributed by atoms with E-state index >= 15 is 0 Å².